The molecule has 1 aliphatic heterocycles. The van der Waals surface area contributed by atoms with Crippen molar-refractivity contribution in [3.8, 4) is 5.75 Å². The normalized spacial score (nSPS) is 17.0. The molecular weight excluding hydrogens is 306 g/mol. The largest absolute Gasteiger partial charge is 0.502 e. The van der Waals surface area contributed by atoms with E-state index in [0.29, 0.717) is 12.0 Å². The summed E-state index contributed by atoms with van der Waals surface area (Å²) in [5, 5.41) is 25.5. The first-order valence-corrected chi connectivity index (χ1v) is 6.98. The Morgan fingerprint density at radius 1 is 1.32 bits per heavy atom. The van der Waals surface area contributed by atoms with Crippen molar-refractivity contribution in [1.29, 1.82) is 0 Å². The number of phenols is 1. The molecule has 1 heterocycles. The number of rotatable bonds is 3. The van der Waals surface area contributed by atoms with Gasteiger partial charge in [-0.05, 0) is 11.6 Å². The number of phenolic OH excluding ortho intramolecular Hbond substituents is 1. The van der Waals surface area contributed by atoms with Crippen LogP contribution in [0.4, 0.5) is 5.69 Å². The molecule has 0 amide bonds. The first-order valence-electron chi connectivity index (χ1n) is 6.60. The monoisotopic (exact) mass is 317 g/mol. The van der Waals surface area contributed by atoms with Gasteiger partial charge >= 0.3 is 5.69 Å². The van der Waals surface area contributed by atoms with E-state index in [1.165, 1.54) is 6.07 Å². The average molecular weight is 318 g/mol. The van der Waals surface area contributed by atoms with E-state index in [1.54, 1.807) is 0 Å². The van der Waals surface area contributed by atoms with E-state index in [-0.39, 0.29) is 16.8 Å². The highest BCUT2D eigenvalue weighted by Gasteiger charge is 2.28. The number of hydrazone groups is 1. The summed E-state index contributed by atoms with van der Waals surface area (Å²) in [6, 6.07) is 11.9. The predicted molar refractivity (Wildman–Crippen MR) is 83.2 cm³/mol. The minimum absolute atomic E-state index is 0.203. The van der Waals surface area contributed by atoms with Gasteiger partial charge in [-0.25, -0.2) is 0 Å². The molecule has 2 aromatic rings. The first kappa shape index (κ1) is 14.3. The van der Waals surface area contributed by atoms with E-state index in [4.69, 9.17) is 11.6 Å². The molecule has 0 aliphatic carbocycles. The highest BCUT2D eigenvalue weighted by molar-refractivity contribution is 6.31. The molecular formula is C15H12ClN3O3. The maximum Gasteiger partial charge on any atom is 0.312 e. The van der Waals surface area contributed by atoms with Crippen molar-refractivity contribution in [3.05, 3.63) is 68.7 Å². The van der Waals surface area contributed by atoms with E-state index in [1.807, 2.05) is 30.3 Å². The molecule has 1 aliphatic rings. The van der Waals surface area contributed by atoms with Crippen molar-refractivity contribution in [2.75, 3.05) is 0 Å². The average Bonchev–Trinajstić information content (AvgIpc) is 2.99. The minimum atomic E-state index is -0.654. The molecule has 0 spiro atoms. The fourth-order valence-corrected chi connectivity index (χ4v) is 2.66. The van der Waals surface area contributed by atoms with E-state index >= 15 is 0 Å². The maximum absolute atomic E-state index is 11.0. The summed E-state index contributed by atoms with van der Waals surface area (Å²) in [6.07, 6.45) is 0.509. The zero-order chi connectivity index (χ0) is 15.7. The number of halogens is 1. The van der Waals surface area contributed by atoms with Crippen molar-refractivity contribution >= 4 is 23.0 Å². The van der Waals surface area contributed by atoms with Crippen molar-refractivity contribution < 1.29 is 10.0 Å². The summed E-state index contributed by atoms with van der Waals surface area (Å²) >= 11 is 5.92. The number of hydrogen-bond donors (Lipinski definition) is 2. The van der Waals surface area contributed by atoms with Crippen LogP contribution < -0.4 is 5.43 Å². The molecule has 7 heteroatoms. The third-order valence-corrected chi connectivity index (χ3v) is 3.73. The highest BCUT2D eigenvalue weighted by atomic mass is 35.5. The van der Waals surface area contributed by atoms with Gasteiger partial charge in [0, 0.05) is 23.1 Å². The Hall–Kier alpha value is -2.60. The van der Waals surface area contributed by atoms with Crippen LogP contribution in [0.3, 0.4) is 0 Å². The van der Waals surface area contributed by atoms with E-state index in [9.17, 15) is 15.2 Å². The second kappa shape index (κ2) is 5.65. The molecule has 22 heavy (non-hydrogen) atoms. The molecule has 0 radical (unpaired) electrons. The summed E-state index contributed by atoms with van der Waals surface area (Å²) in [5.74, 6) is -0.378. The van der Waals surface area contributed by atoms with Gasteiger partial charge in [0.1, 0.15) is 0 Å². The van der Waals surface area contributed by atoms with Crippen LogP contribution >= 0.6 is 11.6 Å². The number of hydrogen-bond acceptors (Lipinski definition) is 5. The Bertz CT molecular complexity index is 762. The van der Waals surface area contributed by atoms with E-state index in [2.05, 4.69) is 10.5 Å². The van der Waals surface area contributed by atoms with Gasteiger partial charge in [0.05, 0.1) is 16.7 Å². The summed E-state index contributed by atoms with van der Waals surface area (Å²) in [7, 11) is 0. The first-order chi connectivity index (χ1) is 10.6. The van der Waals surface area contributed by atoms with Crippen LogP contribution in [0.15, 0.2) is 47.6 Å². The van der Waals surface area contributed by atoms with Crippen LogP contribution in [-0.4, -0.2) is 15.7 Å². The van der Waals surface area contributed by atoms with Gasteiger partial charge in [-0.2, -0.15) is 5.10 Å². The lowest BCUT2D eigenvalue weighted by molar-refractivity contribution is -0.385. The van der Waals surface area contributed by atoms with Crippen LogP contribution in [0.5, 0.6) is 5.75 Å². The Morgan fingerprint density at radius 3 is 2.73 bits per heavy atom. The zero-order valence-electron chi connectivity index (χ0n) is 11.4. The van der Waals surface area contributed by atoms with Crippen molar-refractivity contribution in [2.24, 2.45) is 5.10 Å². The lowest BCUT2D eigenvalue weighted by atomic mass is 9.98. The molecule has 0 saturated heterocycles. The fourth-order valence-electron chi connectivity index (χ4n) is 2.44. The second-order valence-electron chi connectivity index (χ2n) is 4.93. The molecule has 0 aromatic heterocycles. The van der Waals surface area contributed by atoms with Crippen LogP contribution in [0, 0.1) is 10.1 Å². The topological polar surface area (TPSA) is 87.8 Å². The van der Waals surface area contributed by atoms with Gasteiger partial charge < -0.3 is 10.5 Å². The van der Waals surface area contributed by atoms with Crippen LogP contribution in [-0.2, 0) is 0 Å². The molecule has 2 N–H and O–H groups in total. The van der Waals surface area contributed by atoms with Crippen LogP contribution in [0.1, 0.15) is 23.6 Å². The van der Waals surface area contributed by atoms with Gasteiger partial charge in [0.25, 0.3) is 0 Å². The number of nitrogens with zero attached hydrogens (tertiary/aromatic N) is 2. The molecule has 1 atom stereocenters. The smallest absolute Gasteiger partial charge is 0.312 e. The van der Waals surface area contributed by atoms with Gasteiger partial charge in [0.2, 0.25) is 0 Å². The highest BCUT2D eigenvalue weighted by Crippen LogP contribution is 2.39. The molecule has 1 unspecified atom stereocenters. The number of nitro benzene ring substituents is 1. The second-order valence-corrected chi connectivity index (χ2v) is 5.37. The fraction of sp³-hybridized carbons (Fsp3) is 0.133. The Labute approximate surface area is 131 Å². The van der Waals surface area contributed by atoms with Crippen molar-refractivity contribution in [1.82, 2.24) is 5.43 Å². The number of benzene rings is 2. The van der Waals surface area contributed by atoms with E-state index < -0.39 is 10.6 Å². The molecule has 0 bridgehead atoms. The Balaban J connectivity index is 1.90. The molecule has 112 valence electrons. The third-order valence-electron chi connectivity index (χ3n) is 3.52. The van der Waals surface area contributed by atoms with Gasteiger partial charge in [-0.15, -0.1) is 0 Å². The Kier molecular flexibility index (Phi) is 3.68. The number of nitro groups is 1. The summed E-state index contributed by atoms with van der Waals surface area (Å²) in [6.45, 7) is 0. The minimum Gasteiger partial charge on any atom is -0.502 e. The van der Waals surface area contributed by atoms with Gasteiger partial charge in [-0.1, -0.05) is 41.9 Å². The standard InChI is InChI=1S/C15H12ClN3O3/c16-10-6-11(15(20)14(7-10)19(21)22)13-8-12(17-18-13)9-4-2-1-3-5-9/h1-7,13,18,20H,8H2. The summed E-state index contributed by atoms with van der Waals surface area (Å²) in [4.78, 5) is 10.3. The lowest BCUT2D eigenvalue weighted by Crippen LogP contribution is -2.11. The molecule has 0 fully saturated rings. The van der Waals surface area contributed by atoms with Crippen LogP contribution in [0.25, 0.3) is 0 Å². The summed E-state index contributed by atoms with van der Waals surface area (Å²) < 4.78 is 0. The zero-order valence-corrected chi connectivity index (χ0v) is 12.1. The number of aromatic hydroxyl groups is 1. The van der Waals surface area contributed by atoms with Crippen LogP contribution in [0.2, 0.25) is 5.02 Å². The summed E-state index contributed by atoms with van der Waals surface area (Å²) in [5.41, 5.74) is 4.66. The molecule has 6 nitrogen and oxygen atoms in total. The maximum atomic E-state index is 11.0. The number of nitrogens with one attached hydrogen (secondary N) is 1. The lowest BCUT2D eigenvalue weighted by Gasteiger charge is -2.12. The molecule has 0 saturated carbocycles. The molecule has 2 aromatic carbocycles. The molecule has 3 rings (SSSR count). The SMILES string of the molecule is O=[N+]([O-])c1cc(Cl)cc(C2CC(c3ccccc3)=NN2)c1O. The predicted octanol–water partition coefficient (Wildman–Crippen LogP) is 3.39. The third kappa shape index (κ3) is 2.60. The van der Waals surface area contributed by atoms with Gasteiger partial charge in [0.15, 0.2) is 5.75 Å². The quantitative estimate of drug-likeness (QED) is 0.671. The Morgan fingerprint density at radius 2 is 2.05 bits per heavy atom. The van der Waals surface area contributed by atoms with E-state index in [0.717, 1.165) is 17.3 Å². The van der Waals surface area contributed by atoms with Gasteiger partial charge in [-0.3, -0.25) is 10.1 Å². The van der Waals surface area contributed by atoms with Crippen molar-refractivity contribution in [3.63, 3.8) is 0 Å². The van der Waals surface area contributed by atoms with Crippen molar-refractivity contribution in [2.45, 2.75) is 12.5 Å².